The van der Waals surface area contributed by atoms with E-state index in [9.17, 15) is 9.59 Å². The molecule has 2 aliphatic rings. The molecule has 1 saturated carbocycles. The number of rotatable bonds is 5. The Hall–Kier alpha value is -1.95. The van der Waals surface area contributed by atoms with Crippen molar-refractivity contribution in [2.75, 3.05) is 13.2 Å². The van der Waals surface area contributed by atoms with Crippen molar-refractivity contribution in [2.24, 2.45) is 0 Å². The highest BCUT2D eigenvalue weighted by atomic mass is 16.5. The molecule has 1 aromatic rings. The van der Waals surface area contributed by atoms with E-state index in [2.05, 4.69) is 15.6 Å². The SMILES string of the molecule is O=C(NCC1CCCO1)c1cncc(C(=O)NC2CCCCC2)c1. The predicted molar refractivity (Wildman–Crippen MR) is 89.9 cm³/mol. The number of carbonyl (C=O) groups is 2. The average molecular weight is 331 g/mol. The molecular weight excluding hydrogens is 306 g/mol. The summed E-state index contributed by atoms with van der Waals surface area (Å²) in [6.07, 6.45) is 10.7. The average Bonchev–Trinajstić information content (AvgIpc) is 3.14. The highest BCUT2D eigenvalue weighted by molar-refractivity contribution is 5.99. The fourth-order valence-electron chi connectivity index (χ4n) is 3.32. The van der Waals surface area contributed by atoms with Gasteiger partial charge in [-0.15, -0.1) is 0 Å². The van der Waals surface area contributed by atoms with Crippen molar-refractivity contribution >= 4 is 11.8 Å². The van der Waals surface area contributed by atoms with Gasteiger partial charge in [-0.2, -0.15) is 0 Å². The second-order valence-corrected chi connectivity index (χ2v) is 6.62. The van der Waals surface area contributed by atoms with Gasteiger partial charge in [0, 0.05) is 31.6 Å². The van der Waals surface area contributed by atoms with Gasteiger partial charge in [-0.05, 0) is 31.7 Å². The van der Waals surface area contributed by atoms with Gasteiger partial charge in [0.2, 0.25) is 0 Å². The van der Waals surface area contributed by atoms with Gasteiger partial charge >= 0.3 is 0 Å². The van der Waals surface area contributed by atoms with E-state index in [1.165, 1.54) is 18.8 Å². The van der Waals surface area contributed by atoms with Crippen LogP contribution in [0.4, 0.5) is 0 Å². The van der Waals surface area contributed by atoms with Crippen LogP contribution in [-0.4, -0.2) is 42.1 Å². The number of nitrogens with one attached hydrogen (secondary N) is 2. The summed E-state index contributed by atoms with van der Waals surface area (Å²) in [5.41, 5.74) is 0.842. The molecule has 1 aliphatic carbocycles. The maximum Gasteiger partial charge on any atom is 0.253 e. The van der Waals surface area contributed by atoms with Crippen LogP contribution in [0, 0.1) is 0 Å². The summed E-state index contributed by atoms with van der Waals surface area (Å²) in [6, 6.07) is 1.85. The van der Waals surface area contributed by atoms with Crippen LogP contribution in [0.5, 0.6) is 0 Å². The molecule has 6 nitrogen and oxygen atoms in total. The van der Waals surface area contributed by atoms with Gasteiger partial charge in [-0.1, -0.05) is 19.3 Å². The quantitative estimate of drug-likeness (QED) is 0.865. The Morgan fingerprint density at radius 2 is 1.79 bits per heavy atom. The van der Waals surface area contributed by atoms with E-state index in [-0.39, 0.29) is 24.0 Å². The maximum absolute atomic E-state index is 12.4. The van der Waals surface area contributed by atoms with Crippen LogP contribution < -0.4 is 10.6 Å². The molecule has 6 heteroatoms. The number of aromatic nitrogens is 1. The van der Waals surface area contributed by atoms with E-state index in [4.69, 9.17) is 4.74 Å². The predicted octanol–water partition coefficient (Wildman–Crippen LogP) is 2.05. The number of hydrogen-bond acceptors (Lipinski definition) is 4. The molecule has 1 atom stereocenters. The molecule has 2 N–H and O–H groups in total. The maximum atomic E-state index is 12.4. The Labute approximate surface area is 142 Å². The standard InChI is InChI=1S/C18H25N3O3/c22-17(20-12-16-7-4-8-24-16)13-9-14(11-19-10-13)18(23)21-15-5-2-1-3-6-15/h9-11,15-16H,1-8,12H2,(H,20,22)(H,21,23). The van der Waals surface area contributed by atoms with Gasteiger partial charge in [-0.3, -0.25) is 14.6 Å². The normalized spacial score (nSPS) is 21.4. The summed E-state index contributed by atoms with van der Waals surface area (Å²) in [5.74, 6) is -0.367. The highest BCUT2D eigenvalue weighted by Gasteiger charge is 2.19. The molecule has 0 radical (unpaired) electrons. The van der Waals surface area contributed by atoms with Crippen LogP contribution in [0.2, 0.25) is 0 Å². The minimum absolute atomic E-state index is 0.0969. The second kappa shape index (κ2) is 8.24. The Bertz CT molecular complexity index is 579. The molecule has 1 aliphatic heterocycles. The molecule has 1 aromatic heterocycles. The number of carbonyl (C=O) groups excluding carboxylic acids is 2. The van der Waals surface area contributed by atoms with Crippen LogP contribution in [0.1, 0.15) is 65.7 Å². The van der Waals surface area contributed by atoms with Gasteiger partial charge in [0.1, 0.15) is 0 Å². The first-order valence-electron chi connectivity index (χ1n) is 8.88. The molecule has 2 fully saturated rings. The van der Waals surface area contributed by atoms with Gasteiger partial charge in [0.05, 0.1) is 17.2 Å². The number of hydrogen-bond donors (Lipinski definition) is 2. The first-order valence-corrected chi connectivity index (χ1v) is 8.88. The van der Waals surface area contributed by atoms with Crippen LogP contribution in [0.25, 0.3) is 0 Å². The zero-order valence-electron chi connectivity index (χ0n) is 13.9. The topological polar surface area (TPSA) is 80.3 Å². The number of ether oxygens (including phenoxy) is 1. The number of nitrogens with zero attached hydrogens (tertiary/aromatic N) is 1. The third kappa shape index (κ3) is 4.54. The van der Waals surface area contributed by atoms with E-state index >= 15 is 0 Å². The largest absolute Gasteiger partial charge is 0.376 e. The molecular formula is C18H25N3O3. The van der Waals surface area contributed by atoms with Crippen LogP contribution in [-0.2, 0) is 4.74 Å². The van der Waals surface area contributed by atoms with Gasteiger partial charge in [0.15, 0.2) is 0 Å². The lowest BCUT2D eigenvalue weighted by atomic mass is 9.95. The van der Waals surface area contributed by atoms with E-state index in [0.29, 0.717) is 17.7 Å². The monoisotopic (exact) mass is 331 g/mol. The summed E-state index contributed by atoms with van der Waals surface area (Å²) in [4.78, 5) is 28.6. The van der Waals surface area contributed by atoms with E-state index in [1.807, 2.05) is 0 Å². The molecule has 1 saturated heterocycles. The zero-order chi connectivity index (χ0) is 16.8. The fraction of sp³-hybridized carbons (Fsp3) is 0.611. The van der Waals surface area contributed by atoms with Crippen molar-refractivity contribution in [3.8, 4) is 0 Å². The summed E-state index contributed by atoms with van der Waals surface area (Å²) in [5, 5.41) is 5.90. The molecule has 1 unspecified atom stereocenters. The third-order valence-electron chi connectivity index (χ3n) is 4.72. The fourth-order valence-corrected chi connectivity index (χ4v) is 3.32. The molecule has 0 aromatic carbocycles. The minimum atomic E-state index is -0.217. The minimum Gasteiger partial charge on any atom is -0.376 e. The smallest absolute Gasteiger partial charge is 0.253 e. The number of pyridine rings is 1. The molecule has 0 bridgehead atoms. The van der Waals surface area contributed by atoms with Crippen LogP contribution >= 0.6 is 0 Å². The molecule has 24 heavy (non-hydrogen) atoms. The summed E-state index contributed by atoms with van der Waals surface area (Å²) >= 11 is 0. The van der Waals surface area contributed by atoms with Gasteiger partial charge < -0.3 is 15.4 Å². The van der Waals surface area contributed by atoms with Crippen LogP contribution in [0.15, 0.2) is 18.5 Å². The highest BCUT2D eigenvalue weighted by Crippen LogP contribution is 2.18. The molecule has 0 spiro atoms. The summed E-state index contributed by atoms with van der Waals surface area (Å²) in [7, 11) is 0. The van der Waals surface area contributed by atoms with Crippen molar-refractivity contribution < 1.29 is 14.3 Å². The summed E-state index contributed by atoms with van der Waals surface area (Å²) < 4.78 is 5.49. The van der Waals surface area contributed by atoms with Crippen molar-refractivity contribution in [1.82, 2.24) is 15.6 Å². The molecule has 130 valence electrons. The van der Waals surface area contributed by atoms with E-state index in [1.54, 1.807) is 6.07 Å². The van der Waals surface area contributed by atoms with Crippen molar-refractivity contribution in [3.63, 3.8) is 0 Å². The second-order valence-electron chi connectivity index (χ2n) is 6.62. The Morgan fingerprint density at radius 3 is 2.50 bits per heavy atom. The van der Waals surface area contributed by atoms with Gasteiger partial charge in [0.25, 0.3) is 11.8 Å². The zero-order valence-corrected chi connectivity index (χ0v) is 13.9. The van der Waals surface area contributed by atoms with Gasteiger partial charge in [-0.25, -0.2) is 0 Å². The Kier molecular flexibility index (Phi) is 5.80. The van der Waals surface area contributed by atoms with E-state index < -0.39 is 0 Å². The van der Waals surface area contributed by atoms with Crippen LogP contribution in [0.3, 0.4) is 0 Å². The lowest BCUT2D eigenvalue weighted by molar-refractivity contribution is 0.0857. The molecule has 2 amide bonds. The van der Waals surface area contributed by atoms with Crippen molar-refractivity contribution in [3.05, 3.63) is 29.6 Å². The van der Waals surface area contributed by atoms with E-state index in [0.717, 1.165) is 45.1 Å². The lowest BCUT2D eigenvalue weighted by Gasteiger charge is -2.22. The number of amides is 2. The first-order chi connectivity index (χ1) is 11.7. The third-order valence-corrected chi connectivity index (χ3v) is 4.72. The lowest BCUT2D eigenvalue weighted by Crippen LogP contribution is -2.36. The Morgan fingerprint density at radius 1 is 1.04 bits per heavy atom. The Balaban J connectivity index is 1.55. The molecule has 2 heterocycles. The first kappa shape index (κ1) is 16.9. The molecule has 3 rings (SSSR count). The van der Waals surface area contributed by atoms with Crippen molar-refractivity contribution in [2.45, 2.75) is 57.1 Å². The summed E-state index contributed by atoms with van der Waals surface area (Å²) in [6.45, 7) is 1.26. The van der Waals surface area contributed by atoms with Crippen molar-refractivity contribution in [1.29, 1.82) is 0 Å².